The predicted molar refractivity (Wildman–Crippen MR) is 384 cm³/mol. The number of aliphatic hydroxyl groups excluding tert-OH is 2. The molecule has 1 amide bonds. The third-order valence-corrected chi connectivity index (χ3v) is 19.0. The van der Waals surface area contributed by atoms with Gasteiger partial charge in [-0.15, -0.1) is 0 Å². The van der Waals surface area contributed by atoms with Gasteiger partial charge >= 0.3 is 5.97 Å². The highest BCUT2D eigenvalue weighted by atomic mass is 16.5. The minimum atomic E-state index is -0.843. The molecule has 3 N–H and O–H groups in total. The van der Waals surface area contributed by atoms with E-state index in [-0.39, 0.29) is 18.5 Å². The Morgan fingerprint density at radius 2 is 0.540 bits per heavy atom. The molecule has 0 rings (SSSR count). The second-order valence-corrected chi connectivity index (χ2v) is 27.8. The smallest absolute Gasteiger partial charge is 0.305 e. The van der Waals surface area contributed by atoms with E-state index in [0.29, 0.717) is 19.4 Å². The molecule has 6 nitrogen and oxygen atoms in total. The van der Waals surface area contributed by atoms with Gasteiger partial charge in [-0.1, -0.05) is 411 Å². The molecule has 2 unspecified atom stereocenters. The molecule has 0 spiro atoms. The van der Waals surface area contributed by atoms with Crippen molar-refractivity contribution in [3.63, 3.8) is 0 Å². The van der Waals surface area contributed by atoms with Gasteiger partial charge in [0, 0.05) is 12.8 Å². The van der Waals surface area contributed by atoms with Crippen molar-refractivity contribution in [2.45, 2.75) is 469 Å². The summed E-state index contributed by atoms with van der Waals surface area (Å²) in [5, 5.41) is 23.3. The average molecular weight is 1230 g/mol. The zero-order chi connectivity index (χ0) is 62.8. The minimum absolute atomic E-state index is 0.0141. The van der Waals surface area contributed by atoms with Crippen molar-refractivity contribution in [3.8, 4) is 0 Å². The molecule has 0 aromatic rings. The number of ether oxygens (including phenoxy) is 1. The summed E-state index contributed by atoms with van der Waals surface area (Å²) in [7, 11) is 0. The molecule has 0 saturated carbocycles. The molecule has 0 fully saturated rings. The molecule has 2 atom stereocenters. The Balaban J connectivity index is 3.35. The Bertz CT molecular complexity index is 1360. The summed E-state index contributed by atoms with van der Waals surface area (Å²) in [5.41, 5.74) is 0. The van der Waals surface area contributed by atoms with Crippen molar-refractivity contribution in [1.29, 1.82) is 0 Å². The number of hydrogen-bond acceptors (Lipinski definition) is 5. The van der Waals surface area contributed by atoms with E-state index in [4.69, 9.17) is 4.74 Å². The van der Waals surface area contributed by atoms with E-state index in [1.807, 2.05) is 6.08 Å². The average Bonchev–Trinajstić information content (AvgIpc) is 3.52. The molecular weight excluding hydrogens is 1070 g/mol. The number of esters is 1. The van der Waals surface area contributed by atoms with Crippen molar-refractivity contribution in [2.24, 2.45) is 0 Å². The van der Waals surface area contributed by atoms with Crippen LogP contribution in [0.1, 0.15) is 457 Å². The molecule has 0 radical (unpaired) electrons. The highest BCUT2D eigenvalue weighted by molar-refractivity contribution is 5.76. The molecule has 6 heteroatoms. The zero-order valence-electron chi connectivity index (χ0n) is 59.3. The van der Waals surface area contributed by atoms with Crippen molar-refractivity contribution in [1.82, 2.24) is 5.32 Å². The van der Waals surface area contributed by atoms with Gasteiger partial charge in [-0.2, -0.15) is 0 Å². The Morgan fingerprint density at radius 3 is 0.816 bits per heavy atom. The maximum absolute atomic E-state index is 12.6. The van der Waals surface area contributed by atoms with Gasteiger partial charge in [0.25, 0.3) is 0 Å². The minimum Gasteiger partial charge on any atom is -0.466 e. The highest BCUT2D eigenvalue weighted by Crippen LogP contribution is 2.20. The van der Waals surface area contributed by atoms with Crippen LogP contribution in [0.4, 0.5) is 0 Å². The number of carbonyl (C=O) groups is 2. The van der Waals surface area contributed by atoms with Crippen LogP contribution < -0.4 is 5.32 Å². The summed E-state index contributed by atoms with van der Waals surface area (Å²) in [6.07, 6.45) is 98.8. The first-order chi connectivity index (χ1) is 43.0. The first kappa shape index (κ1) is 85.3. The fourth-order valence-electron chi connectivity index (χ4n) is 12.9. The lowest BCUT2D eigenvalue weighted by Gasteiger charge is -2.20. The maximum Gasteiger partial charge on any atom is 0.305 e. The Hall–Kier alpha value is -1.66. The molecule has 87 heavy (non-hydrogen) atoms. The van der Waals surface area contributed by atoms with Gasteiger partial charge < -0.3 is 20.3 Å². The summed E-state index contributed by atoms with van der Waals surface area (Å²) in [6.45, 7) is 4.95. The van der Waals surface area contributed by atoms with Gasteiger partial charge in [0.05, 0.1) is 25.4 Å². The summed E-state index contributed by atoms with van der Waals surface area (Å²) in [6, 6.07) is -0.626. The first-order valence-electron chi connectivity index (χ1n) is 40.1. The topological polar surface area (TPSA) is 95.9 Å². The molecule has 0 aliphatic heterocycles. The standard InChI is InChI=1S/C81H157NO5/c1-3-5-7-9-11-13-15-17-19-21-22-23-33-36-39-42-45-49-53-57-61-65-69-73-79(84)78(77-83)82-80(85)74-70-66-62-58-54-50-46-43-40-37-34-31-29-27-25-24-26-28-30-32-35-38-41-44-48-52-56-60-64-68-72-76-87-81(86)75-71-67-63-59-55-51-47-20-18-16-14-12-10-8-6-4-2/h20,47,69,73,78-79,83-84H,3-19,21-46,48-68,70-72,74-77H2,1-2H3,(H,82,85)/b47-20-,73-69+. The van der Waals surface area contributed by atoms with E-state index < -0.39 is 12.1 Å². The molecule has 516 valence electrons. The highest BCUT2D eigenvalue weighted by Gasteiger charge is 2.18. The molecule has 0 aromatic heterocycles. The number of amides is 1. The fourth-order valence-corrected chi connectivity index (χ4v) is 12.9. The quantitative estimate of drug-likeness (QED) is 0.0320. The third-order valence-electron chi connectivity index (χ3n) is 19.0. The van der Waals surface area contributed by atoms with Crippen LogP contribution in [0.3, 0.4) is 0 Å². The molecular formula is C81H157NO5. The summed E-state index contributed by atoms with van der Waals surface area (Å²) in [4.78, 5) is 24.6. The van der Waals surface area contributed by atoms with Crippen LogP contribution >= 0.6 is 0 Å². The van der Waals surface area contributed by atoms with Gasteiger partial charge in [0.15, 0.2) is 0 Å². The van der Waals surface area contributed by atoms with E-state index in [9.17, 15) is 19.8 Å². The van der Waals surface area contributed by atoms with Gasteiger partial charge in [0.2, 0.25) is 5.91 Å². The monoisotopic (exact) mass is 1220 g/mol. The summed E-state index contributed by atoms with van der Waals surface area (Å²) in [5.74, 6) is -0.0445. The number of hydrogen-bond donors (Lipinski definition) is 3. The molecule has 0 bridgehead atoms. The lowest BCUT2D eigenvalue weighted by molar-refractivity contribution is -0.143. The first-order valence-corrected chi connectivity index (χ1v) is 40.1. The van der Waals surface area contributed by atoms with Crippen LogP contribution in [0.5, 0.6) is 0 Å². The molecule has 0 aliphatic carbocycles. The lowest BCUT2D eigenvalue weighted by Crippen LogP contribution is -2.45. The Kier molecular flexibility index (Phi) is 75.3. The summed E-state index contributed by atoms with van der Waals surface area (Å²) < 4.78 is 5.50. The van der Waals surface area contributed by atoms with Crippen LogP contribution in [0.15, 0.2) is 24.3 Å². The second kappa shape index (κ2) is 76.8. The Morgan fingerprint density at radius 1 is 0.310 bits per heavy atom. The number of unbranched alkanes of at least 4 members (excludes halogenated alkanes) is 63. The predicted octanol–water partition coefficient (Wildman–Crippen LogP) is 26.4. The normalized spacial score (nSPS) is 12.6. The van der Waals surface area contributed by atoms with E-state index >= 15 is 0 Å². The van der Waals surface area contributed by atoms with Crippen LogP contribution in [0, 0.1) is 0 Å². The van der Waals surface area contributed by atoms with Crippen LogP contribution in [-0.4, -0.2) is 47.4 Å². The van der Waals surface area contributed by atoms with Gasteiger partial charge in [-0.05, 0) is 57.8 Å². The SMILES string of the molecule is CCCCCCCCC/C=C\CCCCCCCC(=O)OCCCCCCCCCCCCCCCCCCCCCCCCCCCCCCCCCC(=O)NC(CO)C(O)/C=C/CCCCCCCCCCCCCCCCCCCCCCC. The number of allylic oxidation sites excluding steroid dienone is 3. The third kappa shape index (κ3) is 73.3. The van der Waals surface area contributed by atoms with E-state index in [0.717, 1.165) is 44.9 Å². The van der Waals surface area contributed by atoms with Gasteiger partial charge in [-0.3, -0.25) is 9.59 Å². The second-order valence-electron chi connectivity index (χ2n) is 27.8. The fraction of sp³-hybridized carbons (Fsp3) is 0.926. The van der Waals surface area contributed by atoms with Gasteiger partial charge in [0.1, 0.15) is 0 Å². The lowest BCUT2D eigenvalue weighted by atomic mass is 10.0. The molecule has 0 heterocycles. The van der Waals surface area contributed by atoms with Gasteiger partial charge in [-0.25, -0.2) is 0 Å². The zero-order valence-corrected chi connectivity index (χ0v) is 59.3. The largest absolute Gasteiger partial charge is 0.466 e. The van der Waals surface area contributed by atoms with Crippen molar-refractivity contribution >= 4 is 11.9 Å². The number of aliphatic hydroxyl groups is 2. The van der Waals surface area contributed by atoms with Crippen LogP contribution in [-0.2, 0) is 14.3 Å². The summed E-state index contributed by atoms with van der Waals surface area (Å²) >= 11 is 0. The number of rotatable bonds is 76. The van der Waals surface area contributed by atoms with E-state index in [2.05, 4.69) is 31.3 Å². The van der Waals surface area contributed by atoms with Crippen molar-refractivity contribution < 1.29 is 24.5 Å². The number of nitrogens with one attached hydrogen (secondary N) is 1. The van der Waals surface area contributed by atoms with Crippen molar-refractivity contribution in [3.05, 3.63) is 24.3 Å². The Labute approximate surface area is 545 Å². The maximum atomic E-state index is 12.6. The number of carbonyl (C=O) groups excluding carboxylic acids is 2. The van der Waals surface area contributed by atoms with Crippen LogP contribution in [0.2, 0.25) is 0 Å². The van der Waals surface area contributed by atoms with Crippen LogP contribution in [0.25, 0.3) is 0 Å². The van der Waals surface area contributed by atoms with E-state index in [1.165, 1.54) is 385 Å². The molecule has 0 saturated heterocycles. The van der Waals surface area contributed by atoms with Crippen molar-refractivity contribution in [2.75, 3.05) is 13.2 Å². The van der Waals surface area contributed by atoms with E-state index in [1.54, 1.807) is 6.08 Å². The molecule has 0 aliphatic rings. The molecule has 0 aromatic carbocycles.